The zero-order valence-electron chi connectivity index (χ0n) is 8.03. The van der Waals surface area contributed by atoms with E-state index in [-0.39, 0.29) is 0 Å². The van der Waals surface area contributed by atoms with Crippen LogP contribution in [0.4, 0.5) is 0 Å². The molecule has 14 heavy (non-hydrogen) atoms. The summed E-state index contributed by atoms with van der Waals surface area (Å²) < 4.78 is 0. The molecule has 0 amide bonds. The number of hydrogen-bond donors (Lipinski definition) is 1. The molecule has 1 heterocycles. The maximum atomic E-state index is 4.27. The number of rotatable bonds is 3. The molecule has 1 aromatic carbocycles. The summed E-state index contributed by atoms with van der Waals surface area (Å²) in [6.07, 6.45) is 0. The highest BCUT2D eigenvalue weighted by molar-refractivity contribution is 7.07. The lowest BCUT2D eigenvalue weighted by Crippen LogP contribution is -2.04. The second-order valence-corrected chi connectivity index (χ2v) is 3.82. The lowest BCUT2D eigenvalue weighted by Gasteiger charge is -2.01. The summed E-state index contributed by atoms with van der Waals surface area (Å²) in [6, 6.07) is 8.49. The Balaban J connectivity index is 2.22. The van der Waals surface area contributed by atoms with E-state index in [1.807, 2.05) is 12.6 Å². The Labute approximate surface area is 87.6 Å². The molecule has 3 heteroatoms. The molecule has 0 aliphatic rings. The maximum Gasteiger partial charge on any atom is 0.0811 e. The molecule has 0 atom stereocenters. The highest BCUT2D eigenvalue weighted by Crippen LogP contribution is 2.19. The molecule has 0 unspecified atom stereocenters. The Kier molecular flexibility index (Phi) is 2.91. The van der Waals surface area contributed by atoms with E-state index in [1.54, 1.807) is 11.3 Å². The van der Waals surface area contributed by atoms with Gasteiger partial charge in [0.1, 0.15) is 0 Å². The van der Waals surface area contributed by atoms with Gasteiger partial charge in [-0.15, -0.1) is 11.3 Å². The monoisotopic (exact) mass is 204 g/mol. The molecule has 2 rings (SSSR count). The van der Waals surface area contributed by atoms with Gasteiger partial charge in [-0.1, -0.05) is 24.3 Å². The summed E-state index contributed by atoms with van der Waals surface area (Å²) in [4.78, 5) is 4.27. The molecule has 0 aliphatic heterocycles. The molecule has 72 valence electrons. The zero-order chi connectivity index (χ0) is 9.80. The smallest absolute Gasteiger partial charge is 0.0811 e. The van der Waals surface area contributed by atoms with Crippen molar-refractivity contribution in [2.45, 2.75) is 6.54 Å². The summed E-state index contributed by atoms with van der Waals surface area (Å²) in [5.41, 5.74) is 5.40. The summed E-state index contributed by atoms with van der Waals surface area (Å²) in [5.74, 6) is 0. The third-order valence-electron chi connectivity index (χ3n) is 2.06. The van der Waals surface area contributed by atoms with Crippen LogP contribution >= 0.6 is 11.3 Å². The second-order valence-electron chi connectivity index (χ2n) is 3.10. The third kappa shape index (κ3) is 2.00. The van der Waals surface area contributed by atoms with Crippen LogP contribution in [0.5, 0.6) is 0 Å². The van der Waals surface area contributed by atoms with Crippen LogP contribution < -0.4 is 5.32 Å². The Bertz CT molecular complexity index is 378. The molecule has 0 bridgehead atoms. The Hall–Kier alpha value is -1.19. The summed E-state index contributed by atoms with van der Waals surface area (Å²) in [5, 5.41) is 5.19. The Morgan fingerprint density at radius 3 is 2.64 bits per heavy atom. The van der Waals surface area contributed by atoms with E-state index < -0.39 is 0 Å². The van der Waals surface area contributed by atoms with E-state index in [9.17, 15) is 0 Å². The first-order valence-corrected chi connectivity index (χ1v) is 5.46. The molecular formula is C11H12N2S. The molecule has 0 spiro atoms. The van der Waals surface area contributed by atoms with Gasteiger partial charge >= 0.3 is 0 Å². The van der Waals surface area contributed by atoms with Crippen LogP contribution in [0, 0.1) is 0 Å². The van der Waals surface area contributed by atoms with Crippen molar-refractivity contribution in [2.75, 3.05) is 7.05 Å². The first-order valence-electron chi connectivity index (χ1n) is 4.52. The van der Waals surface area contributed by atoms with Gasteiger partial charge in [-0.3, -0.25) is 0 Å². The lowest BCUT2D eigenvalue weighted by molar-refractivity contribution is 0.818. The van der Waals surface area contributed by atoms with Crippen LogP contribution in [-0.4, -0.2) is 12.0 Å². The number of aromatic nitrogens is 1. The minimum absolute atomic E-state index is 0.914. The van der Waals surface area contributed by atoms with Crippen molar-refractivity contribution in [3.05, 3.63) is 40.7 Å². The first kappa shape index (κ1) is 9.37. The van der Waals surface area contributed by atoms with Crippen LogP contribution in [0.3, 0.4) is 0 Å². The van der Waals surface area contributed by atoms with Crippen molar-refractivity contribution < 1.29 is 0 Å². The van der Waals surface area contributed by atoms with E-state index in [0.29, 0.717) is 0 Å². The SMILES string of the molecule is CNCc1ccc(-c2cscn2)cc1. The zero-order valence-corrected chi connectivity index (χ0v) is 8.84. The van der Waals surface area contributed by atoms with Crippen molar-refractivity contribution in [3.63, 3.8) is 0 Å². The highest BCUT2D eigenvalue weighted by atomic mass is 32.1. The van der Waals surface area contributed by atoms with Gasteiger partial charge in [0.2, 0.25) is 0 Å². The summed E-state index contributed by atoms with van der Waals surface area (Å²) >= 11 is 1.63. The largest absolute Gasteiger partial charge is 0.316 e. The van der Waals surface area contributed by atoms with Gasteiger partial charge in [0.25, 0.3) is 0 Å². The number of thiazole rings is 1. The number of nitrogens with one attached hydrogen (secondary N) is 1. The van der Waals surface area contributed by atoms with Crippen molar-refractivity contribution in [3.8, 4) is 11.3 Å². The standard InChI is InChI=1S/C11H12N2S/c1-12-6-9-2-4-10(5-3-9)11-7-14-8-13-11/h2-5,7-8,12H,6H2,1H3. The van der Waals surface area contributed by atoms with Crippen LogP contribution in [0.2, 0.25) is 0 Å². The minimum atomic E-state index is 0.914. The molecule has 1 N–H and O–H groups in total. The molecule has 2 nitrogen and oxygen atoms in total. The van der Waals surface area contributed by atoms with Gasteiger partial charge in [-0.25, -0.2) is 4.98 Å². The fourth-order valence-electron chi connectivity index (χ4n) is 1.35. The van der Waals surface area contributed by atoms with E-state index in [2.05, 4.69) is 39.9 Å². The van der Waals surface area contributed by atoms with Crippen LogP contribution in [0.1, 0.15) is 5.56 Å². The predicted molar refractivity (Wildman–Crippen MR) is 60.3 cm³/mol. The van der Waals surface area contributed by atoms with Crippen LogP contribution in [0.15, 0.2) is 35.2 Å². The number of nitrogens with zero attached hydrogens (tertiary/aromatic N) is 1. The number of hydrogen-bond acceptors (Lipinski definition) is 3. The van der Waals surface area contributed by atoms with Crippen molar-refractivity contribution in [1.82, 2.24) is 10.3 Å². The molecule has 0 fully saturated rings. The van der Waals surface area contributed by atoms with E-state index in [1.165, 1.54) is 11.1 Å². The van der Waals surface area contributed by atoms with Gasteiger partial charge in [-0.05, 0) is 12.6 Å². The lowest BCUT2D eigenvalue weighted by atomic mass is 10.1. The average molecular weight is 204 g/mol. The molecular weight excluding hydrogens is 192 g/mol. The predicted octanol–water partition coefficient (Wildman–Crippen LogP) is 2.53. The molecule has 2 aromatic rings. The highest BCUT2D eigenvalue weighted by Gasteiger charge is 1.98. The minimum Gasteiger partial charge on any atom is -0.316 e. The molecule has 0 radical (unpaired) electrons. The molecule has 0 aliphatic carbocycles. The van der Waals surface area contributed by atoms with Gasteiger partial charge in [0.15, 0.2) is 0 Å². The Morgan fingerprint density at radius 2 is 2.07 bits per heavy atom. The van der Waals surface area contributed by atoms with Crippen LogP contribution in [0.25, 0.3) is 11.3 Å². The normalized spacial score (nSPS) is 10.4. The molecule has 1 aromatic heterocycles. The first-order chi connectivity index (χ1) is 6.90. The maximum absolute atomic E-state index is 4.27. The summed E-state index contributed by atoms with van der Waals surface area (Å²) in [7, 11) is 1.95. The molecule has 0 saturated heterocycles. The van der Waals surface area contributed by atoms with Crippen molar-refractivity contribution in [1.29, 1.82) is 0 Å². The number of benzene rings is 1. The quantitative estimate of drug-likeness (QED) is 0.831. The van der Waals surface area contributed by atoms with Gasteiger partial charge in [0.05, 0.1) is 11.2 Å². The fraction of sp³-hybridized carbons (Fsp3) is 0.182. The van der Waals surface area contributed by atoms with E-state index in [4.69, 9.17) is 0 Å². The topological polar surface area (TPSA) is 24.9 Å². The van der Waals surface area contributed by atoms with Crippen molar-refractivity contribution in [2.24, 2.45) is 0 Å². The third-order valence-corrected chi connectivity index (χ3v) is 2.65. The Morgan fingerprint density at radius 1 is 1.29 bits per heavy atom. The van der Waals surface area contributed by atoms with E-state index in [0.717, 1.165) is 12.2 Å². The van der Waals surface area contributed by atoms with E-state index >= 15 is 0 Å². The summed E-state index contributed by atoms with van der Waals surface area (Å²) in [6.45, 7) is 0.914. The van der Waals surface area contributed by atoms with Crippen LogP contribution in [-0.2, 0) is 6.54 Å². The molecule has 0 saturated carbocycles. The van der Waals surface area contributed by atoms with Gasteiger partial charge in [-0.2, -0.15) is 0 Å². The van der Waals surface area contributed by atoms with Gasteiger partial charge in [0, 0.05) is 17.5 Å². The second kappa shape index (κ2) is 4.35. The fourth-order valence-corrected chi connectivity index (χ4v) is 1.91. The van der Waals surface area contributed by atoms with Crippen molar-refractivity contribution >= 4 is 11.3 Å². The average Bonchev–Trinajstić information content (AvgIpc) is 2.72. The van der Waals surface area contributed by atoms with Gasteiger partial charge < -0.3 is 5.32 Å².